The maximum absolute atomic E-state index is 12.7. The first-order chi connectivity index (χ1) is 8.00. The van der Waals surface area contributed by atoms with E-state index in [0.717, 1.165) is 5.56 Å². The summed E-state index contributed by atoms with van der Waals surface area (Å²) in [4.78, 5) is 24.7. The second kappa shape index (κ2) is 4.13. The molecule has 1 aromatic carbocycles. The molecule has 0 fully saturated rings. The Morgan fingerprint density at radius 1 is 1.00 bits per heavy atom. The average molecular weight is 233 g/mol. The van der Waals surface area contributed by atoms with Crippen molar-refractivity contribution in [1.29, 1.82) is 0 Å². The zero-order valence-electron chi connectivity index (χ0n) is 9.66. The first kappa shape index (κ1) is 11.5. The molecule has 0 spiro atoms. The maximum atomic E-state index is 12.7. The van der Waals surface area contributed by atoms with E-state index in [0.29, 0.717) is 11.1 Å². The first-order valence-corrected chi connectivity index (χ1v) is 5.29. The second-order valence-electron chi connectivity index (χ2n) is 4.07. The van der Waals surface area contributed by atoms with Crippen LogP contribution in [0.25, 0.3) is 0 Å². The van der Waals surface area contributed by atoms with Gasteiger partial charge < -0.3 is 0 Å². The number of imide groups is 1. The predicted octanol–water partition coefficient (Wildman–Crippen LogP) is 2.03. The summed E-state index contributed by atoms with van der Waals surface area (Å²) in [5, 5.41) is 0. The molecule has 0 bridgehead atoms. The van der Waals surface area contributed by atoms with E-state index in [9.17, 15) is 14.0 Å². The average Bonchev–Trinajstić information content (AvgIpc) is 2.50. The van der Waals surface area contributed by atoms with E-state index in [2.05, 4.69) is 0 Å². The van der Waals surface area contributed by atoms with Crippen LogP contribution in [0, 0.1) is 5.82 Å². The molecule has 17 heavy (non-hydrogen) atoms. The van der Waals surface area contributed by atoms with Gasteiger partial charge in [0.25, 0.3) is 11.8 Å². The zero-order valence-corrected chi connectivity index (χ0v) is 9.66. The molecule has 2 rings (SSSR count). The normalized spacial score (nSPS) is 16.1. The molecule has 2 amide bonds. The molecule has 0 unspecified atom stereocenters. The number of nitrogens with zero attached hydrogens (tertiary/aromatic N) is 1. The largest absolute Gasteiger partial charge is 0.270 e. The van der Waals surface area contributed by atoms with Crippen LogP contribution >= 0.6 is 0 Å². The third kappa shape index (κ3) is 1.98. The van der Waals surface area contributed by atoms with Crippen molar-refractivity contribution in [3.8, 4) is 0 Å². The van der Waals surface area contributed by atoms with E-state index in [1.54, 1.807) is 26.0 Å². The van der Waals surface area contributed by atoms with Crippen LogP contribution in [-0.2, 0) is 16.1 Å². The van der Waals surface area contributed by atoms with Crippen molar-refractivity contribution in [1.82, 2.24) is 4.90 Å². The third-order valence-corrected chi connectivity index (χ3v) is 2.95. The van der Waals surface area contributed by atoms with Crippen molar-refractivity contribution in [3.63, 3.8) is 0 Å². The van der Waals surface area contributed by atoms with E-state index in [4.69, 9.17) is 0 Å². The van der Waals surface area contributed by atoms with Gasteiger partial charge in [0.15, 0.2) is 0 Å². The monoisotopic (exact) mass is 233 g/mol. The van der Waals surface area contributed by atoms with E-state index >= 15 is 0 Å². The van der Waals surface area contributed by atoms with E-state index in [1.807, 2.05) is 0 Å². The van der Waals surface area contributed by atoms with Gasteiger partial charge in [-0.25, -0.2) is 4.39 Å². The highest BCUT2D eigenvalue weighted by molar-refractivity contribution is 6.18. The number of amides is 2. The van der Waals surface area contributed by atoms with Gasteiger partial charge in [0.05, 0.1) is 6.54 Å². The van der Waals surface area contributed by atoms with Crippen LogP contribution in [0.5, 0.6) is 0 Å². The number of halogens is 1. The highest BCUT2D eigenvalue weighted by Gasteiger charge is 2.32. The molecule has 0 N–H and O–H groups in total. The third-order valence-electron chi connectivity index (χ3n) is 2.95. The number of hydrogen-bond acceptors (Lipinski definition) is 2. The minimum Gasteiger partial charge on any atom is -0.270 e. The van der Waals surface area contributed by atoms with Gasteiger partial charge in [-0.1, -0.05) is 12.1 Å². The number of carbonyl (C=O) groups excluding carboxylic acids is 2. The van der Waals surface area contributed by atoms with Crippen molar-refractivity contribution in [2.75, 3.05) is 0 Å². The summed E-state index contributed by atoms with van der Waals surface area (Å²) in [7, 11) is 0. The molecule has 1 aromatic rings. The fraction of sp³-hybridized carbons (Fsp3) is 0.231. The van der Waals surface area contributed by atoms with Crippen LogP contribution in [0.2, 0.25) is 0 Å². The van der Waals surface area contributed by atoms with Crippen molar-refractivity contribution >= 4 is 11.8 Å². The number of benzene rings is 1. The summed E-state index contributed by atoms with van der Waals surface area (Å²) in [6, 6.07) is 5.76. The lowest BCUT2D eigenvalue weighted by Gasteiger charge is -2.14. The lowest BCUT2D eigenvalue weighted by molar-refractivity contribution is -0.138. The molecule has 0 saturated carbocycles. The molecule has 4 heteroatoms. The lowest BCUT2D eigenvalue weighted by atomic mass is 10.2. The number of carbonyl (C=O) groups is 2. The minimum atomic E-state index is -0.335. The predicted molar refractivity (Wildman–Crippen MR) is 60.3 cm³/mol. The summed E-state index contributed by atoms with van der Waals surface area (Å²) in [5.74, 6) is -0.869. The van der Waals surface area contributed by atoms with Gasteiger partial charge in [0.1, 0.15) is 5.82 Å². The van der Waals surface area contributed by atoms with Crippen molar-refractivity contribution in [2.24, 2.45) is 0 Å². The van der Waals surface area contributed by atoms with Crippen LogP contribution < -0.4 is 0 Å². The summed E-state index contributed by atoms with van der Waals surface area (Å²) < 4.78 is 12.7. The molecule has 0 aliphatic carbocycles. The van der Waals surface area contributed by atoms with Crippen LogP contribution in [0.1, 0.15) is 19.4 Å². The van der Waals surface area contributed by atoms with Gasteiger partial charge in [-0.3, -0.25) is 14.5 Å². The molecule has 0 radical (unpaired) electrons. The fourth-order valence-electron chi connectivity index (χ4n) is 1.73. The Labute approximate surface area is 98.5 Å². The summed E-state index contributed by atoms with van der Waals surface area (Å²) >= 11 is 0. The van der Waals surface area contributed by atoms with Gasteiger partial charge in [0, 0.05) is 11.1 Å². The Morgan fingerprint density at radius 3 is 1.94 bits per heavy atom. The Balaban J connectivity index is 2.19. The molecule has 3 nitrogen and oxygen atoms in total. The van der Waals surface area contributed by atoms with Gasteiger partial charge in [-0.05, 0) is 31.5 Å². The highest BCUT2D eigenvalue weighted by atomic mass is 19.1. The van der Waals surface area contributed by atoms with Crippen molar-refractivity contribution in [3.05, 3.63) is 46.8 Å². The molecular weight excluding hydrogens is 221 g/mol. The summed E-state index contributed by atoms with van der Waals surface area (Å²) in [6.07, 6.45) is 0. The van der Waals surface area contributed by atoms with E-state index < -0.39 is 0 Å². The Bertz CT molecular complexity index is 493. The topological polar surface area (TPSA) is 37.4 Å². The number of rotatable bonds is 2. The Morgan fingerprint density at radius 2 is 1.47 bits per heavy atom. The molecule has 88 valence electrons. The Hall–Kier alpha value is -1.97. The van der Waals surface area contributed by atoms with E-state index in [1.165, 1.54) is 17.0 Å². The van der Waals surface area contributed by atoms with Crippen molar-refractivity contribution < 1.29 is 14.0 Å². The fourth-order valence-corrected chi connectivity index (χ4v) is 1.73. The van der Waals surface area contributed by atoms with Crippen LogP contribution in [0.15, 0.2) is 35.4 Å². The van der Waals surface area contributed by atoms with Gasteiger partial charge in [-0.15, -0.1) is 0 Å². The maximum Gasteiger partial charge on any atom is 0.257 e. The number of hydrogen-bond donors (Lipinski definition) is 0. The molecule has 0 aromatic heterocycles. The van der Waals surface area contributed by atoms with Crippen LogP contribution in [0.3, 0.4) is 0 Å². The molecule has 1 aliphatic rings. The zero-order chi connectivity index (χ0) is 12.6. The molecule has 1 heterocycles. The highest BCUT2D eigenvalue weighted by Crippen LogP contribution is 2.21. The smallest absolute Gasteiger partial charge is 0.257 e. The minimum absolute atomic E-state index is 0.187. The van der Waals surface area contributed by atoms with Crippen LogP contribution in [-0.4, -0.2) is 16.7 Å². The molecule has 0 saturated heterocycles. The van der Waals surface area contributed by atoms with E-state index in [-0.39, 0.29) is 24.2 Å². The van der Waals surface area contributed by atoms with Gasteiger partial charge in [0.2, 0.25) is 0 Å². The van der Waals surface area contributed by atoms with Crippen molar-refractivity contribution in [2.45, 2.75) is 20.4 Å². The molecule has 1 aliphatic heterocycles. The molecular formula is C13H12FNO2. The van der Waals surface area contributed by atoms with Crippen LogP contribution in [0.4, 0.5) is 4.39 Å². The van der Waals surface area contributed by atoms with Gasteiger partial charge in [-0.2, -0.15) is 0 Å². The standard InChI is InChI=1S/C13H12FNO2/c1-8-9(2)13(17)15(12(8)16)7-10-3-5-11(14)6-4-10/h3-6H,7H2,1-2H3. The summed E-state index contributed by atoms with van der Waals surface area (Å²) in [5.41, 5.74) is 1.70. The van der Waals surface area contributed by atoms with Gasteiger partial charge >= 0.3 is 0 Å². The summed E-state index contributed by atoms with van der Waals surface area (Å²) in [6.45, 7) is 3.47. The lowest BCUT2D eigenvalue weighted by Crippen LogP contribution is -2.30. The quantitative estimate of drug-likeness (QED) is 0.733. The second-order valence-corrected chi connectivity index (χ2v) is 4.07. The SMILES string of the molecule is CC1=C(C)C(=O)N(Cc2ccc(F)cc2)C1=O. The Kier molecular flexibility index (Phi) is 2.79. The molecule has 0 atom stereocenters. The first-order valence-electron chi connectivity index (χ1n) is 5.29.